The van der Waals surface area contributed by atoms with Gasteiger partial charge in [-0.2, -0.15) is 15.0 Å². The van der Waals surface area contributed by atoms with Gasteiger partial charge in [-0.05, 0) is 6.42 Å². The normalized spacial score (nSPS) is 23.1. The highest BCUT2D eigenvalue weighted by atomic mass is 16.7. The Morgan fingerprint density at radius 3 is 2.05 bits per heavy atom. The summed E-state index contributed by atoms with van der Waals surface area (Å²) in [7, 11) is 0. The average Bonchev–Trinajstić information content (AvgIpc) is 3.41. The van der Waals surface area contributed by atoms with Gasteiger partial charge in [-0.15, -0.1) is 0 Å². The molecule has 0 saturated carbocycles. The molecule has 0 spiro atoms. The van der Waals surface area contributed by atoms with Crippen LogP contribution in [0.5, 0.6) is 0 Å². The zero-order chi connectivity index (χ0) is 14.3. The number of hydrogen-bond acceptors (Lipinski definition) is 8. The van der Waals surface area contributed by atoms with Gasteiger partial charge < -0.3 is 24.6 Å². The molecule has 0 unspecified atom stereocenters. The minimum atomic E-state index is -0.258. The molecule has 8 heteroatoms. The second-order valence-corrected chi connectivity index (χ2v) is 5.81. The Morgan fingerprint density at radius 1 is 1.00 bits per heavy atom. The van der Waals surface area contributed by atoms with Crippen LogP contribution in [-0.2, 0) is 9.47 Å². The van der Waals surface area contributed by atoms with E-state index in [0.717, 1.165) is 44.5 Å². The van der Waals surface area contributed by atoms with Crippen LogP contribution in [0.2, 0.25) is 0 Å². The van der Waals surface area contributed by atoms with Crippen LogP contribution in [0.1, 0.15) is 13.3 Å². The van der Waals surface area contributed by atoms with Gasteiger partial charge >= 0.3 is 0 Å². The monoisotopic (exact) mass is 292 g/mol. The highest BCUT2D eigenvalue weighted by molar-refractivity contribution is 5.51. The van der Waals surface area contributed by atoms with Gasteiger partial charge in [0.2, 0.25) is 17.8 Å². The fourth-order valence-electron chi connectivity index (χ4n) is 2.37. The summed E-state index contributed by atoms with van der Waals surface area (Å²) in [6, 6.07) is 0. The molecule has 1 N–H and O–H groups in total. The van der Waals surface area contributed by atoms with Crippen LogP contribution in [0.15, 0.2) is 0 Å². The molecule has 3 aliphatic heterocycles. The van der Waals surface area contributed by atoms with E-state index in [4.69, 9.17) is 9.47 Å². The topological polar surface area (TPSA) is 75.2 Å². The highest BCUT2D eigenvalue weighted by Gasteiger charge is 2.34. The van der Waals surface area contributed by atoms with E-state index in [9.17, 15) is 0 Å². The SMILES string of the molecule is CCC1(Nc2nc(N3CC3)nc(N3CC3)n2)COCOC1. The first-order chi connectivity index (χ1) is 10.3. The Labute approximate surface area is 123 Å². The molecule has 3 fully saturated rings. The lowest BCUT2D eigenvalue weighted by Gasteiger charge is -2.36. The second kappa shape index (κ2) is 4.96. The smallest absolute Gasteiger partial charge is 0.232 e. The first kappa shape index (κ1) is 13.0. The number of hydrogen-bond donors (Lipinski definition) is 1. The molecule has 1 aromatic heterocycles. The minimum absolute atomic E-state index is 0.258. The first-order valence-electron chi connectivity index (χ1n) is 7.48. The second-order valence-electron chi connectivity index (χ2n) is 5.81. The molecule has 3 saturated heterocycles. The van der Waals surface area contributed by atoms with Crippen molar-refractivity contribution in [1.29, 1.82) is 0 Å². The van der Waals surface area contributed by atoms with E-state index in [1.54, 1.807) is 0 Å². The molecule has 21 heavy (non-hydrogen) atoms. The van der Waals surface area contributed by atoms with Crippen molar-refractivity contribution < 1.29 is 9.47 Å². The van der Waals surface area contributed by atoms with E-state index in [1.165, 1.54) is 0 Å². The molecule has 3 aliphatic rings. The van der Waals surface area contributed by atoms with Crippen molar-refractivity contribution in [3.63, 3.8) is 0 Å². The third-order valence-electron chi connectivity index (χ3n) is 4.05. The van der Waals surface area contributed by atoms with Crippen LogP contribution in [0.25, 0.3) is 0 Å². The van der Waals surface area contributed by atoms with E-state index in [-0.39, 0.29) is 5.54 Å². The molecule has 0 aromatic carbocycles. The molecule has 0 radical (unpaired) electrons. The lowest BCUT2D eigenvalue weighted by molar-refractivity contribution is -0.130. The Hall–Kier alpha value is -1.67. The molecule has 4 heterocycles. The molecule has 0 aliphatic carbocycles. The predicted molar refractivity (Wildman–Crippen MR) is 77.7 cm³/mol. The standard InChI is InChI=1S/C13H20N6O2/c1-2-13(7-20-9-21-8-13)17-10-14-11(18-3-4-18)16-12(15-10)19-5-6-19/h2-9H2,1H3,(H,14,15,16,17). The van der Waals surface area contributed by atoms with Gasteiger partial charge in [0, 0.05) is 26.2 Å². The zero-order valence-corrected chi connectivity index (χ0v) is 12.2. The largest absolute Gasteiger partial charge is 0.353 e. The molecule has 1 aromatic rings. The number of ether oxygens (including phenoxy) is 2. The Kier molecular flexibility index (Phi) is 3.07. The van der Waals surface area contributed by atoms with Crippen molar-refractivity contribution >= 4 is 17.8 Å². The van der Waals surface area contributed by atoms with E-state index in [2.05, 4.69) is 37.0 Å². The molecule has 0 bridgehead atoms. The summed E-state index contributed by atoms with van der Waals surface area (Å²) < 4.78 is 10.9. The van der Waals surface area contributed by atoms with Crippen LogP contribution >= 0.6 is 0 Å². The van der Waals surface area contributed by atoms with Crippen molar-refractivity contribution in [3.8, 4) is 0 Å². The van der Waals surface area contributed by atoms with Gasteiger partial charge in [0.1, 0.15) is 6.79 Å². The molecule has 0 amide bonds. The molecule has 0 atom stereocenters. The third kappa shape index (κ3) is 2.73. The van der Waals surface area contributed by atoms with Gasteiger partial charge in [0.15, 0.2) is 0 Å². The summed E-state index contributed by atoms with van der Waals surface area (Å²) in [5, 5.41) is 3.42. The molecular formula is C13H20N6O2. The van der Waals surface area contributed by atoms with Crippen LogP contribution in [0.4, 0.5) is 17.8 Å². The summed E-state index contributed by atoms with van der Waals surface area (Å²) in [4.78, 5) is 17.9. The van der Waals surface area contributed by atoms with Crippen molar-refractivity contribution in [2.45, 2.75) is 18.9 Å². The molecule has 8 nitrogen and oxygen atoms in total. The maximum atomic E-state index is 5.45. The Bertz CT molecular complexity index is 495. The number of nitrogens with zero attached hydrogens (tertiary/aromatic N) is 5. The van der Waals surface area contributed by atoms with Crippen LogP contribution in [-0.4, -0.2) is 66.7 Å². The summed E-state index contributed by atoms with van der Waals surface area (Å²) in [6.45, 7) is 7.77. The van der Waals surface area contributed by atoms with Gasteiger partial charge in [-0.1, -0.05) is 6.92 Å². The average molecular weight is 292 g/mol. The van der Waals surface area contributed by atoms with Crippen LogP contribution in [0, 0.1) is 0 Å². The van der Waals surface area contributed by atoms with Crippen LogP contribution in [0.3, 0.4) is 0 Å². The fourth-order valence-corrected chi connectivity index (χ4v) is 2.37. The molecule has 114 valence electrons. The lowest BCUT2D eigenvalue weighted by Crippen LogP contribution is -2.50. The van der Waals surface area contributed by atoms with E-state index in [0.29, 0.717) is 26.0 Å². The first-order valence-corrected chi connectivity index (χ1v) is 7.48. The third-order valence-corrected chi connectivity index (χ3v) is 4.05. The maximum Gasteiger partial charge on any atom is 0.232 e. The van der Waals surface area contributed by atoms with E-state index >= 15 is 0 Å². The lowest BCUT2D eigenvalue weighted by atomic mass is 9.98. The Balaban J connectivity index is 1.60. The predicted octanol–water partition coefficient (Wildman–Crippen LogP) is 0.0766. The summed E-state index contributed by atoms with van der Waals surface area (Å²) >= 11 is 0. The van der Waals surface area contributed by atoms with Crippen molar-refractivity contribution in [3.05, 3.63) is 0 Å². The quantitative estimate of drug-likeness (QED) is 0.765. The zero-order valence-electron chi connectivity index (χ0n) is 12.2. The van der Waals surface area contributed by atoms with Gasteiger partial charge in [-0.25, -0.2) is 0 Å². The highest BCUT2D eigenvalue weighted by Crippen LogP contribution is 2.26. The molecular weight excluding hydrogens is 272 g/mol. The summed E-state index contributed by atoms with van der Waals surface area (Å²) in [6.07, 6.45) is 0.886. The number of rotatable bonds is 5. The number of anilines is 3. The maximum absolute atomic E-state index is 5.45. The summed E-state index contributed by atoms with van der Waals surface area (Å²) in [5.41, 5.74) is -0.258. The van der Waals surface area contributed by atoms with Gasteiger partial charge in [-0.3, -0.25) is 0 Å². The molecule has 4 rings (SSSR count). The van der Waals surface area contributed by atoms with Crippen LogP contribution < -0.4 is 15.1 Å². The number of nitrogens with one attached hydrogen (secondary N) is 1. The van der Waals surface area contributed by atoms with Crippen molar-refractivity contribution in [1.82, 2.24) is 15.0 Å². The van der Waals surface area contributed by atoms with E-state index in [1.807, 2.05) is 0 Å². The van der Waals surface area contributed by atoms with Gasteiger partial charge in [0.25, 0.3) is 0 Å². The van der Waals surface area contributed by atoms with Gasteiger partial charge in [0.05, 0.1) is 18.8 Å². The minimum Gasteiger partial charge on any atom is -0.353 e. The fraction of sp³-hybridized carbons (Fsp3) is 0.769. The Morgan fingerprint density at radius 2 is 1.57 bits per heavy atom. The van der Waals surface area contributed by atoms with E-state index < -0.39 is 0 Å². The van der Waals surface area contributed by atoms with Crippen molar-refractivity contribution in [2.75, 3.05) is 61.3 Å². The number of aromatic nitrogens is 3. The summed E-state index contributed by atoms with van der Waals surface area (Å²) in [5.74, 6) is 2.14. The van der Waals surface area contributed by atoms with Crippen molar-refractivity contribution in [2.24, 2.45) is 0 Å².